The van der Waals surface area contributed by atoms with E-state index in [1.165, 1.54) is 10.9 Å². The van der Waals surface area contributed by atoms with Gasteiger partial charge in [0.15, 0.2) is 0 Å². The van der Waals surface area contributed by atoms with Crippen molar-refractivity contribution in [3.05, 3.63) is 30.5 Å². The Morgan fingerprint density at radius 2 is 2.05 bits per heavy atom. The normalized spacial score (nSPS) is 11.1. The van der Waals surface area contributed by atoms with Gasteiger partial charge in [-0.15, -0.1) is 0 Å². The number of benzene rings is 1. The van der Waals surface area contributed by atoms with Gasteiger partial charge in [0.2, 0.25) is 0 Å². The van der Waals surface area contributed by atoms with Crippen molar-refractivity contribution in [2.45, 2.75) is 26.3 Å². The third kappa shape index (κ3) is 4.76. The SMILES string of the molecule is CCCOc1ccc2c(ccn2CCNCCCOC)c1. The Kier molecular flexibility index (Phi) is 6.57. The Labute approximate surface area is 127 Å². The van der Waals surface area contributed by atoms with Crippen LogP contribution in [-0.4, -0.2) is 38.0 Å². The van der Waals surface area contributed by atoms with Gasteiger partial charge in [0.1, 0.15) is 5.75 Å². The van der Waals surface area contributed by atoms with Crippen LogP contribution in [0.25, 0.3) is 10.9 Å². The topological polar surface area (TPSA) is 35.4 Å². The van der Waals surface area contributed by atoms with Crippen LogP contribution in [0.1, 0.15) is 19.8 Å². The fraction of sp³-hybridized carbons (Fsp3) is 0.529. The minimum absolute atomic E-state index is 0.775. The van der Waals surface area contributed by atoms with Crippen LogP contribution in [0.15, 0.2) is 30.5 Å². The molecule has 0 aliphatic heterocycles. The summed E-state index contributed by atoms with van der Waals surface area (Å²) in [5, 5.41) is 4.68. The van der Waals surface area contributed by atoms with Crippen molar-refractivity contribution in [2.24, 2.45) is 0 Å². The lowest BCUT2D eigenvalue weighted by Crippen LogP contribution is -2.21. The molecule has 0 saturated heterocycles. The third-order valence-corrected chi connectivity index (χ3v) is 3.45. The lowest BCUT2D eigenvalue weighted by atomic mass is 10.2. The Bertz CT molecular complexity index is 537. The summed E-state index contributed by atoms with van der Waals surface area (Å²) >= 11 is 0. The Balaban J connectivity index is 1.86. The Morgan fingerprint density at radius 1 is 1.14 bits per heavy atom. The van der Waals surface area contributed by atoms with E-state index in [-0.39, 0.29) is 0 Å². The number of methoxy groups -OCH3 is 1. The van der Waals surface area contributed by atoms with E-state index in [0.29, 0.717) is 0 Å². The molecule has 116 valence electrons. The van der Waals surface area contributed by atoms with E-state index >= 15 is 0 Å². The molecule has 0 radical (unpaired) electrons. The summed E-state index contributed by atoms with van der Waals surface area (Å²) in [6.07, 6.45) is 4.24. The van der Waals surface area contributed by atoms with Crippen molar-refractivity contribution in [1.82, 2.24) is 9.88 Å². The maximum atomic E-state index is 5.68. The van der Waals surface area contributed by atoms with Crippen molar-refractivity contribution in [3.8, 4) is 5.75 Å². The highest BCUT2D eigenvalue weighted by Crippen LogP contribution is 2.22. The second-order valence-electron chi connectivity index (χ2n) is 5.17. The zero-order valence-corrected chi connectivity index (χ0v) is 13.1. The van der Waals surface area contributed by atoms with Gasteiger partial charge >= 0.3 is 0 Å². The number of aromatic nitrogens is 1. The van der Waals surface area contributed by atoms with E-state index in [0.717, 1.165) is 51.4 Å². The van der Waals surface area contributed by atoms with Gasteiger partial charge in [0.05, 0.1) is 6.61 Å². The highest BCUT2D eigenvalue weighted by atomic mass is 16.5. The molecule has 0 aliphatic rings. The highest BCUT2D eigenvalue weighted by molar-refractivity contribution is 5.81. The van der Waals surface area contributed by atoms with E-state index in [1.54, 1.807) is 7.11 Å². The predicted molar refractivity (Wildman–Crippen MR) is 87.1 cm³/mol. The number of hydrogen-bond acceptors (Lipinski definition) is 3. The maximum absolute atomic E-state index is 5.68. The molecule has 1 N–H and O–H groups in total. The maximum Gasteiger partial charge on any atom is 0.120 e. The average Bonchev–Trinajstić information content (AvgIpc) is 2.91. The fourth-order valence-corrected chi connectivity index (χ4v) is 2.35. The van der Waals surface area contributed by atoms with Crippen LogP contribution in [0.2, 0.25) is 0 Å². The third-order valence-electron chi connectivity index (χ3n) is 3.45. The van der Waals surface area contributed by atoms with Crippen molar-refractivity contribution in [3.63, 3.8) is 0 Å². The van der Waals surface area contributed by atoms with Gasteiger partial charge in [-0.25, -0.2) is 0 Å². The molecule has 2 rings (SSSR count). The zero-order chi connectivity index (χ0) is 14.9. The molecule has 1 heterocycles. The monoisotopic (exact) mass is 290 g/mol. The first-order chi connectivity index (χ1) is 10.3. The molecule has 0 bridgehead atoms. The molecule has 0 fully saturated rings. The first-order valence-corrected chi connectivity index (χ1v) is 7.76. The Morgan fingerprint density at radius 3 is 2.86 bits per heavy atom. The second kappa shape index (κ2) is 8.70. The number of nitrogens with zero attached hydrogens (tertiary/aromatic N) is 1. The molecule has 0 aliphatic carbocycles. The van der Waals surface area contributed by atoms with Crippen molar-refractivity contribution in [1.29, 1.82) is 0 Å². The summed E-state index contributed by atoms with van der Waals surface area (Å²) in [7, 11) is 1.74. The van der Waals surface area contributed by atoms with Gasteiger partial charge in [-0.1, -0.05) is 6.92 Å². The first-order valence-electron chi connectivity index (χ1n) is 7.76. The van der Waals surface area contributed by atoms with E-state index in [9.17, 15) is 0 Å². The summed E-state index contributed by atoms with van der Waals surface area (Å²) < 4.78 is 13.0. The van der Waals surface area contributed by atoms with Crippen LogP contribution in [0, 0.1) is 0 Å². The van der Waals surface area contributed by atoms with Crippen LogP contribution >= 0.6 is 0 Å². The summed E-state index contributed by atoms with van der Waals surface area (Å²) in [5.41, 5.74) is 1.26. The summed E-state index contributed by atoms with van der Waals surface area (Å²) in [6, 6.07) is 8.47. The molecule has 0 spiro atoms. The summed E-state index contributed by atoms with van der Waals surface area (Å²) in [5.74, 6) is 0.958. The van der Waals surface area contributed by atoms with Gasteiger partial charge in [0, 0.05) is 43.9 Å². The van der Waals surface area contributed by atoms with E-state index in [4.69, 9.17) is 9.47 Å². The van der Waals surface area contributed by atoms with Crippen LogP contribution < -0.4 is 10.1 Å². The minimum atomic E-state index is 0.775. The minimum Gasteiger partial charge on any atom is -0.494 e. The number of nitrogens with one attached hydrogen (secondary N) is 1. The first kappa shape index (κ1) is 15.9. The number of fused-ring (bicyclic) bond motifs is 1. The van der Waals surface area contributed by atoms with Crippen LogP contribution in [0.4, 0.5) is 0 Å². The van der Waals surface area contributed by atoms with Crippen molar-refractivity contribution < 1.29 is 9.47 Å². The lowest BCUT2D eigenvalue weighted by molar-refractivity contribution is 0.194. The quantitative estimate of drug-likeness (QED) is 0.683. The van der Waals surface area contributed by atoms with Crippen molar-refractivity contribution >= 4 is 10.9 Å². The largest absolute Gasteiger partial charge is 0.494 e. The van der Waals surface area contributed by atoms with Gasteiger partial charge in [-0.2, -0.15) is 0 Å². The smallest absolute Gasteiger partial charge is 0.120 e. The second-order valence-corrected chi connectivity index (χ2v) is 5.17. The van der Waals surface area contributed by atoms with Crippen LogP contribution in [0.5, 0.6) is 5.75 Å². The van der Waals surface area contributed by atoms with E-state index < -0.39 is 0 Å². The molecule has 4 heteroatoms. The molecule has 0 unspecified atom stereocenters. The van der Waals surface area contributed by atoms with Gasteiger partial charge < -0.3 is 19.4 Å². The molecule has 0 saturated carbocycles. The molecule has 21 heavy (non-hydrogen) atoms. The highest BCUT2D eigenvalue weighted by Gasteiger charge is 2.02. The molecule has 1 aromatic heterocycles. The number of rotatable bonds is 10. The molecular formula is C17H26N2O2. The van der Waals surface area contributed by atoms with Gasteiger partial charge in [-0.3, -0.25) is 0 Å². The molecule has 0 atom stereocenters. The molecular weight excluding hydrogens is 264 g/mol. The molecule has 2 aromatic rings. The molecule has 0 amide bonds. The summed E-state index contributed by atoms with van der Waals surface area (Å²) in [4.78, 5) is 0. The van der Waals surface area contributed by atoms with Crippen LogP contribution in [0.3, 0.4) is 0 Å². The van der Waals surface area contributed by atoms with Crippen molar-refractivity contribution in [2.75, 3.05) is 33.4 Å². The standard InChI is InChI=1S/C17H26N2O2/c1-3-12-21-16-5-6-17-15(14-16)7-10-19(17)11-9-18-8-4-13-20-2/h5-7,10,14,18H,3-4,8-9,11-13H2,1-2H3. The lowest BCUT2D eigenvalue weighted by Gasteiger charge is -2.08. The number of hydrogen-bond donors (Lipinski definition) is 1. The van der Waals surface area contributed by atoms with E-state index in [1.807, 2.05) is 0 Å². The van der Waals surface area contributed by atoms with E-state index in [2.05, 4.69) is 47.3 Å². The predicted octanol–water partition coefficient (Wildman–Crippen LogP) is 3.06. The molecule has 4 nitrogen and oxygen atoms in total. The van der Waals surface area contributed by atoms with Gasteiger partial charge in [-0.05, 0) is 43.7 Å². The molecule has 1 aromatic carbocycles. The zero-order valence-electron chi connectivity index (χ0n) is 13.1. The Hall–Kier alpha value is -1.52. The summed E-state index contributed by atoms with van der Waals surface area (Å²) in [6.45, 7) is 6.67. The average molecular weight is 290 g/mol. The van der Waals surface area contributed by atoms with Gasteiger partial charge in [0.25, 0.3) is 0 Å². The fourth-order valence-electron chi connectivity index (χ4n) is 2.35. The van der Waals surface area contributed by atoms with Crippen LogP contribution in [-0.2, 0) is 11.3 Å². The number of ether oxygens (including phenoxy) is 2.